The van der Waals surface area contributed by atoms with Gasteiger partial charge in [0.05, 0.1) is 33.7 Å². The van der Waals surface area contributed by atoms with E-state index < -0.39 is 0 Å². The number of hydrogen-bond donors (Lipinski definition) is 0. The molecule has 2 saturated heterocycles. The number of pyridine rings is 1. The Morgan fingerprint density at radius 3 is 3.07 bits per heavy atom. The predicted octanol–water partition coefficient (Wildman–Crippen LogP) is 3.89. The van der Waals surface area contributed by atoms with Crippen molar-refractivity contribution in [3.63, 3.8) is 0 Å². The fourth-order valence-electron chi connectivity index (χ4n) is 4.78. The van der Waals surface area contributed by atoms with Crippen LogP contribution in [0.15, 0.2) is 42.2 Å². The highest BCUT2D eigenvalue weighted by molar-refractivity contribution is 7.16. The molecule has 0 bridgehead atoms. The predicted molar refractivity (Wildman–Crippen MR) is 113 cm³/mol. The number of piperazine rings is 1. The van der Waals surface area contributed by atoms with Gasteiger partial charge in [-0.15, -0.1) is 11.3 Å². The van der Waals surface area contributed by atoms with Crippen LogP contribution in [0.1, 0.15) is 24.8 Å². The number of carbonyl (C=O) groups excluding carboxylic acids is 1. The Morgan fingerprint density at radius 2 is 2.17 bits per heavy atom. The second kappa shape index (κ2) is 7.71. The molecular formula is C22H23FN4OS. The van der Waals surface area contributed by atoms with Gasteiger partial charge in [-0.05, 0) is 43.4 Å². The topological polar surface area (TPSA) is 49.3 Å². The van der Waals surface area contributed by atoms with Crippen molar-refractivity contribution in [3.05, 3.63) is 53.6 Å². The average molecular weight is 411 g/mol. The Kier molecular flexibility index (Phi) is 4.91. The molecule has 0 unspecified atom stereocenters. The van der Waals surface area contributed by atoms with Gasteiger partial charge in [-0.25, -0.2) is 9.37 Å². The average Bonchev–Trinajstić information content (AvgIpc) is 3.33. The van der Waals surface area contributed by atoms with E-state index >= 15 is 0 Å². The van der Waals surface area contributed by atoms with E-state index in [0.29, 0.717) is 25.3 Å². The Morgan fingerprint density at radius 1 is 1.24 bits per heavy atom. The summed E-state index contributed by atoms with van der Waals surface area (Å²) in [6.45, 7) is 2.04. The van der Waals surface area contributed by atoms with Crippen molar-refractivity contribution in [3.8, 4) is 0 Å². The van der Waals surface area contributed by atoms with Crippen molar-refractivity contribution in [2.24, 2.45) is 5.92 Å². The van der Waals surface area contributed by atoms with Crippen molar-refractivity contribution < 1.29 is 9.18 Å². The molecule has 29 heavy (non-hydrogen) atoms. The van der Waals surface area contributed by atoms with Gasteiger partial charge in [0.1, 0.15) is 0 Å². The Hall–Kier alpha value is -2.54. The maximum absolute atomic E-state index is 14.1. The van der Waals surface area contributed by atoms with Crippen molar-refractivity contribution in [2.45, 2.75) is 31.7 Å². The number of aryl methyl sites for hydroxylation is 1. The van der Waals surface area contributed by atoms with Crippen LogP contribution in [-0.2, 0) is 11.2 Å². The number of thiazole rings is 1. The minimum absolute atomic E-state index is 0.0860. The number of anilines is 1. The van der Waals surface area contributed by atoms with E-state index in [2.05, 4.69) is 27.0 Å². The molecule has 2 aromatic heterocycles. The van der Waals surface area contributed by atoms with Gasteiger partial charge in [-0.2, -0.15) is 0 Å². The number of benzene rings is 1. The van der Waals surface area contributed by atoms with Crippen molar-refractivity contribution in [1.82, 2.24) is 14.9 Å². The zero-order valence-electron chi connectivity index (χ0n) is 16.1. The molecule has 3 aromatic rings. The van der Waals surface area contributed by atoms with E-state index in [1.807, 2.05) is 16.5 Å². The Labute approximate surface area is 173 Å². The largest absolute Gasteiger partial charge is 0.365 e. The van der Waals surface area contributed by atoms with Crippen LogP contribution in [0.4, 0.5) is 10.1 Å². The molecule has 2 aliphatic rings. The smallest absolute Gasteiger partial charge is 0.226 e. The third-order valence-corrected chi connectivity index (χ3v) is 7.12. The zero-order chi connectivity index (χ0) is 19.8. The van der Waals surface area contributed by atoms with E-state index in [4.69, 9.17) is 0 Å². The minimum Gasteiger partial charge on any atom is -0.365 e. The second-order valence-corrected chi connectivity index (χ2v) is 8.76. The third-order valence-electron chi connectivity index (χ3n) is 6.20. The molecule has 1 aromatic carbocycles. The molecule has 2 fully saturated rings. The second-order valence-electron chi connectivity index (χ2n) is 7.90. The number of nitrogens with zero attached hydrogens (tertiary/aromatic N) is 4. The lowest BCUT2D eigenvalue weighted by molar-refractivity contribution is -0.132. The molecule has 4 heterocycles. The van der Waals surface area contributed by atoms with Crippen LogP contribution in [0.2, 0.25) is 0 Å². The Bertz CT molecular complexity index is 1040. The summed E-state index contributed by atoms with van der Waals surface area (Å²) >= 11 is 1.69. The molecular weight excluding hydrogens is 387 g/mol. The lowest BCUT2D eigenvalue weighted by Crippen LogP contribution is -2.51. The van der Waals surface area contributed by atoms with Gasteiger partial charge in [-0.3, -0.25) is 9.78 Å². The van der Waals surface area contributed by atoms with Crippen LogP contribution in [0.5, 0.6) is 0 Å². The molecule has 0 saturated carbocycles. The van der Waals surface area contributed by atoms with Gasteiger partial charge in [0.25, 0.3) is 0 Å². The number of hydrogen-bond acceptors (Lipinski definition) is 5. The van der Waals surface area contributed by atoms with Gasteiger partial charge in [0.2, 0.25) is 5.91 Å². The molecule has 0 N–H and O–H groups in total. The zero-order valence-corrected chi connectivity index (χ0v) is 16.9. The summed E-state index contributed by atoms with van der Waals surface area (Å²) in [5, 5.41) is 0. The van der Waals surface area contributed by atoms with Gasteiger partial charge in [0, 0.05) is 31.7 Å². The highest BCUT2D eigenvalue weighted by Crippen LogP contribution is 2.33. The van der Waals surface area contributed by atoms with E-state index in [1.54, 1.807) is 23.6 Å². The molecule has 2 aliphatic heterocycles. The number of fused-ring (bicyclic) bond motifs is 2. The normalized spacial score (nSPS) is 21.8. The lowest BCUT2D eigenvalue weighted by Gasteiger charge is -2.38. The van der Waals surface area contributed by atoms with Gasteiger partial charge < -0.3 is 9.80 Å². The number of carbonyl (C=O) groups is 1. The van der Waals surface area contributed by atoms with Crippen LogP contribution in [-0.4, -0.2) is 46.5 Å². The van der Waals surface area contributed by atoms with Crippen LogP contribution < -0.4 is 4.90 Å². The first kappa shape index (κ1) is 18.5. The fraction of sp³-hybridized carbons (Fsp3) is 0.409. The summed E-state index contributed by atoms with van der Waals surface area (Å²) in [5.74, 6) is 0.0721. The van der Waals surface area contributed by atoms with E-state index in [-0.39, 0.29) is 23.7 Å². The van der Waals surface area contributed by atoms with E-state index in [0.717, 1.165) is 31.2 Å². The maximum Gasteiger partial charge on any atom is 0.226 e. The number of aromatic nitrogens is 2. The van der Waals surface area contributed by atoms with Crippen molar-refractivity contribution in [1.29, 1.82) is 0 Å². The van der Waals surface area contributed by atoms with Gasteiger partial charge in [-0.1, -0.05) is 12.1 Å². The third kappa shape index (κ3) is 3.48. The molecule has 0 aliphatic carbocycles. The SMILES string of the molecule is O=C1[C@H](CCCc2cccc3ncsc23)C[C@@H]2CN(c3ccncc3F)CCN12. The Balaban J connectivity index is 1.21. The molecule has 1 amide bonds. The first-order valence-electron chi connectivity index (χ1n) is 10.2. The highest BCUT2D eigenvalue weighted by Gasteiger charge is 2.42. The first-order chi connectivity index (χ1) is 14.2. The highest BCUT2D eigenvalue weighted by atomic mass is 32.1. The standard InChI is InChI=1S/C22H23FN4OS/c23-18-12-24-8-7-20(18)26-9-10-27-17(13-26)11-16(22(27)28)5-1-3-15-4-2-6-19-21(15)29-14-25-19/h2,4,6-8,12,14,16-17H,1,3,5,9-11,13H2/t16-,17-/m1/s1. The van der Waals surface area contributed by atoms with Crippen LogP contribution in [0.3, 0.4) is 0 Å². The number of rotatable bonds is 5. The fourth-order valence-corrected chi connectivity index (χ4v) is 5.61. The molecule has 7 heteroatoms. The summed E-state index contributed by atoms with van der Waals surface area (Å²) in [6.07, 6.45) is 6.63. The van der Waals surface area contributed by atoms with Crippen LogP contribution in [0.25, 0.3) is 10.2 Å². The number of amides is 1. The molecule has 5 rings (SSSR count). The summed E-state index contributed by atoms with van der Waals surface area (Å²) in [7, 11) is 0. The van der Waals surface area contributed by atoms with Crippen molar-refractivity contribution >= 4 is 33.1 Å². The summed E-state index contributed by atoms with van der Waals surface area (Å²) in [6, 6.07) is 8.18. The van der Waals surface area contributed by atoms with E-state index in [1.165, 1.54) is 16.5 Å². The van der Waals surface area contributed by atoms with Crippen molar-refractivity contribution in [2.75, 3.05) is 24.5 Å². The summed E-state index contributed by atoms with van der Waals surface area (Å²) in [5.41, 5.74) is 4.87. The number of halogens is 1. The first-order valence-corrected chi connectivity index (χ1v) is 11.0. The summed E-state index contributed by atoms with van der Waals surface area (Å²) in [4.78, 5) is 25.2. The molecule has 5 nitrogen and oxygen atoms in total. The molecule has 2 atom stereocenters. The van der Waals surface area contributed by atoms with Crippen LogP contribution in [0, 0.1) is 11.7 Å². The monoisotopic (exact) mass is 410 g/mol. The van der Waals surface area contributed by atoms with E-state index in [9.17, 15) is 9.18 Å². The quantitative estimate of drug-likeness (QED) is 0.640. The minimum atomic E-state index is -0.293. The molecule has 0 radical (unpaired) electrons. The summed E-state index contributed by atoms with van der Waals surface area (Å²) < 4.78 is 15.4. The molecule has 150 valence electrons. The van der Waals surface area contributed by atoms with Crippen LogP contribution >= 0.6 is 11.3 Å². The molecule has 0 spiro atoms. The van der Waals surface area contributed by atoms with Gasteiger partial charge >= 0.3 is 0 Å². The lowest BCUT2D eigenvalue weighted by atomic mass is 9.96. The maximum atomic E-state index is 14.1. The van der Waals surface area contributed by atoms with Gasteiger partial charge in [0.15, 0.2) is 5.82 Å².